The minimum atomic E-state index is -0.0268. The maximum Gasteiger partial charge on any atom is 0.257 e. The zero-order chi connectivity index (χ0) is 20.4. The van der Waals surface area contributed by atoms with Crippen molar-refractivity contribution in [2.45, 2.75) is 43.5 Å². The third-order valence-electron chi connectivity index (χ3n) is 5.16. The van der Waals surface area contributed by atoms with Crippen LogP contribution in [0.5, 0.6) is 0 Å². The van der Waals surface area contributed by atoms with Crippen molar-refractivity contribution in [1.82, 2.24) is 9.55 Å². The molecule has 148 valence electrons. The number of hydrogen-bond donors (Lipinski definition) is 0. The number of aromatic nitrogens is 2. The summed E-state index contributed by atoms with van der Waals surface area (Å²) in [5, 5.41) is 1.42. The van der Waals surface area contributed by atoms with Crippen molar-refractivity contribution >= 4 is 29.1 Å². The number of nitrogens with zero attached hydrogens (tertiary/aromatic N) is 2. The fourth-order valence-corrected chi connectivity index (χ4v) is 4.56. The number of ketones is 1. The van der Waals surface area contributed by atoms with Gasteiger partial charge in [0.05, 0.1) is 0 Å². The van der Waals surface area contributed by atoms with Gasteiger partial charge in [0, 0.05) is 40.4 Å². The Morgan fingerprint density at radius 3 is 2.41 bits per heavy atom. The van der Waals surface area contributed by atoms with Crippen LogP contribution < -0.4 is 5.56 Å². The first kappa shape index (κ1) is 19.9. The molecule has 0 radical (unpaired) electrons. The van der Waals surface area contributed by atoms with Gasteiger partial charge in [-0.05, 0) is 49.6 Å². The fourth-order valence-electron chi connectivity index (χ4n) is 3.46. The normalized spacial score (nSPS) is 13.2. The molecule has 1 aliphatic rings. The molecule has 0 saturated heterocycles. The molecule has 3 aromatic rings. The third-order valence-corrected chi connectivity index (χ3v) is 6.56. The Morgan fingerprint density at radius 1 is 1.07 bits per heavy atom. The molecule has 4 rings (SSSR count). The molecular weight excluding hydrogens is 404 g/mol. The van der Waals surface area contributed by atoms with Gasteiger partial charge >= 0.3 is 0 Å². The number of halogens is 1. The summed E-state index contributed by atoms with van der Waals surface area (Å²) in [6.07, 6.45) is 2.99. The lowest BCUT2D eigenvalue weighted by Crippen LogP contribution is -2.30. The van der Waals surface area contributed by atoms with Crippen LogP contribution in [0.4, 0.5) is 0 Å². The van der Waals surface area contributed by atoms with E-state index in [9.17, 15) is 9.59 Å². The molecule has 0 spiro atoms. The van der Waals surface area contributed by atoms with E-state index in [4.69, 9.17) is 16.6 Å². The van der Waals surface area contributed by atoms with Crippen molar-refractivity contribution in [3.63, 3.8) is 0 Å². The van der Waals surface area contributed by atoms with Gasteiger partial charge in [-0.1, -0.05) is 35.9 Å². The quantitative estimate of drug-likeness (QED) is 0.326. The van der Waals surface area contributed by atoms with Gasteiger partial charge in [-0.2, -0.15) is 0 Å². The average molecular weight is 425 g/mol. The molecule has 2 aromatic carbocycles. The highest BCUT2D eigenvalue weighted by Gasteiger charge is 2.17. The van der Waals surface area contributed by atoms with Crippen LogP contribution >= 0.6 is 23.4 Å². The third kappa shape index (κ3) is 4.31. The first-order valence-electron chi connectivity index (χ1n) is 9.65. The molecule has 0 saturated carbocycles. The molecule has 1 aliphatic heterocycles. The fraction of sp³-hybridized carbons (Fsp3) is 0.261. The largest absolute Gasteiger partial charge is 0.296 e. The van der Waals surface area contributed by atoms with Gasteiger partial charge in [0.2, 0.25) is 0 Å². The van der Waals surface area contributed by atoms with Crippen LogP contribution in [0, 0.1) is 6.92 Å². The van der Waals surface area contributed by atoms with Crippen LogP contribution in [0.25, 0.3) is 0 Å². The van der Waals surface area contributed by atoms with E-state index in [0.29, 0.717) is 21.9 Å². The molecule has 1 aromatic heterocycles. The van der Waals surface area contributed by atoms with Crippen LogP contribution in [0.1, 0.15) is 45.7 Å². The first-order chi connectivity index (χ1) is 14.0. The number of benzene rings is 2. The highest BCUT2D eigenvalue weighted by atomic mass is 35.5. The van der Waals surface area contributed by atoms with Gasteiger partial charge < -0.3 is 0 Å². The minimum Gasteiger partial charge on any atom is -0.296 e. The van der Waals surface area contributed by atoms with Crippen molar-refractivity contribution in [3.8, 4) is 0 Å². The predicted octanol–water partition coefficient (Wildman–Crippen LogP) is 5.06. The Kier molecular flexibility index (Phi) is 5.88. The second-order valence-electron chi connectivity index (χ2n) is 7.19. The van der Waals surface area contributed by atoms with Gasteiger partial charge in [-0.3, -0.25) is 14.2 Å². The van der Waals surface area contributed by atoms with Crippen LogP contribution in [-0.4, -0.2) is 15.3 Å². The van der Waals surface area contributed by atoms with Crippen LogP contribution in [0.3, 0.4) is 0 Å². The monoisotopic (exact) mass is 424 g/mol. The Balaban J connectivity index is 1.47. The Morgan fingerprint density at radius 2 is 1.72 bits per heavy atom. The summed E-state index contributed by atoms with van der Waals surface area (Å²) in [6.45, 7) is 2.63. The highest BCUT2D eigenvalue weighted by Crippen LogP contribution is 2.25. The molecule has 0 unspecified atom stereocenters. The molecule has 2 heterocycles. The molecule has 4 nitrogen and oxygen atoms in total. The smallest absolute Gasteiger partial charge is 0.257 e. The second-order valence-corrected chi connectivity index (χ2v) is 8.59. The van der Waals surface area contributed by atoms with Crippen molar-refractivity contribution in [2.75, 3.05) is 0 Å². The lowest BCUT2D eigenvalue weighted by atomic mass is 10.0. The number of hydrogen-bond acceptors (Lipinski definition) is 4. The van der Waals surface area contributed by atoms with Gasteiger partial charge in [0.1, 0.15) is 10.9 Å². The summed E-state index contributed by atoms with van der Waals surface area (Å²) in [7, 11) is 0. The molecule has 6 heteroatoms. The number of fused-ring (bicyclic) bond motifs is 1. The van der Waals surface area contributed by atoms with E-state index in [1.54, 1.807) is 36.0 Å². The van der Waals surface area contributed by atoms with E-state index in [0.717, 1.165) is 47.8 Å². The molecule has 0 bridgehead atoms. The van der Waals surface area contributed by atoms with Gasteiger partial charge in [-0.25, -0.2) is 4.98 Å². The van der Waals surface area contributed by atoms with Crippen LogP contribution in [0.15, 0.2) is 58.4 Å². The molecule has 29 heavy (non-hydrogen) atoms. The van der Waals surface area contributed by atoms with Crippen molar-refractivity contribution in [1.29, 1.82) is 0 Å². The standard InChI is InChI=1S/C23H21ClN2O2S/c1-15-22(25-20-4-2-3-13-26(20)23(15)28)29-14-16-5-7-17(8-6-16)21(27)18-9-11-19(24)12-10-18/h5-12H,2-4,13-14H2,1H3. The Bertz CT molecular complexity index is 1110. The Labute approximate surface area is 178 Å². The predicted molar refractivity (Wildman–Crippen MR) is 117 cm³/mol. The lowest BCUT2D eigenvalue weighted by Gasteiger charge is -2.19. The molecule has 0 aliphatic carbocycles. The van der Waals surface area contributed by atoms with E-state index >= 15 is 0 Å². The minimum absolute atomic E-state index is 0.0268. The lowest BCUT2D eigenvalue weighted by molar-refractivity contribution is 0.103. The summed E-state index contributed by atoms with van der Waals surface area (Å²) < 4.78 is 1.82. The van der Waals surface area contributed by atoms with Gasteiger partial charge in [-0.15, -0.1) is 11.8 Å². The van der Waals surface area contributed by atoms with E-state index in [2.05, 4.69) is 0 Å². The number of thioether (sulfide) groups is 1. The Hall–Kier alpha value is -2.37. The SMILES string of the molecule is Cc1c(SCc2ccc(C(=O)c3ccc(Cl)cc3)cc2)nc2n(c1=O)CCCC2. The van der Waals surface area contributed by atoms with Crippen LogP contribution in [-0.2, 0) is 18.7 Å². The van der Waals surface area contributed by atoms with Crippen LogP contribution in [0.2, 0.25) is 5.02 Å². The number of carbonyl (C=O) groups excluding carboxylic acids is 1. The summed E-state index contributed by atoms with van der Waals surface area (Å²) in [6, 6.07) is 14.5. The maximum atomic E-state index is 12.6. The molecule has 0 amide bonds. The second kappa shape index (κ2) is 8.56. The van der Waals surface area contributed by atoms with Crippen molar-refractivity contribution in [3.05, 3.63) is 92.0 Å². The zero-order valence-corrected chi connectivity index (χ0v) is 17.7. The van der Waals surface area contributed by atoms with E-state index < -0.39 is 0 Å². The van der Waals surface area contributed by atoms with Gasteiger partial charge in [0.25, 0.3) is 5.56 Å². The maximum absolute atomic E-state index is 12.6. The van der Waals surface area contributed by atoms with E-state index in [1.165, 1.54) is 0 Å². The average Bonchev–Trinajstić information content (AvgIpc) is 2.76. The topological polar surface area (TPSA) is 52.0 Å². The zero-order valence-electron chi connectivity index (χ0n) is 16.2. The molecule has 0 N–H and O–H groups in total. The van der Waals surface area contributed by atoms with Crippen molar-refractivity contribution in [2.24, 2.45) is 0 Å². The number of carbonyl (C=O) groups is 1. The van der Waals surface area contributed by atoms with Crippen molar-refractivity contribution < 1.29 is 4.79 Å². The van der Waals surface area contributed by atoms with E-state index in [-0.39, 0.29) is 11.3 Å². The first-order valence-corrected chi connectivity index (χ1v) is 11.0. The van der Waals surface area contributed by atoms with E-state index in [1.807, 2.05) is 35.8 Å². The summed E-state index contributed by atoms with van der Waals surface area (Å²) in [4.78, 5) is 29.9. The van der Waals surface area contributed by atoms with Gasteiger partial charge in [0.15, 0.2) is 5.78 Å². The number of rotatable bonds is 5. The highest BCUT2D eigenvalue weighted by molar-refractivity contribution is 7.98. The number of aryl methyl sites for hydroxylation is 1. The molecular formula is C23H21ClN2O2S. The molecule has 0 fully saturated rings. The molecule has 0 atom stereocenters. The summed E-state index contributed by atoms with van der Waals surface area (Å²) in [5.41, 5.74) is 3.14. The summed E-state index contributed by atoms with van der Waals surface area (Å²) >= 11 is 7.46. The summed E-state index contributed by atoms with van der Waals surface area (Å²) in [5.74, 6) is 1.57.